The first-order chi connectivity index (χ1) is 9.95. The molecule has 112 valence electrons. The summed E-state index contributed by atoms with van der Waals surface area (Å²) in [5.41, 5.74) is 1.39. The lowest BCUT2D eigenvalue weighted by atomic mass is 10.1. The number of aromatic hydroxyl groups is 1. The van der Waals surface area contributed by atoms with Crippen LogP contribution >= 0.6 is 0 Å². The molecule has 4 heteroatoms. The number of ether oxygens (including phenoxy) is 1. The van der Waals surface area contributed by atoms with Gasteiger partial charge in [-0.2, -0.15) is 0 Å². The summed E-state index contributed by atoms with van der Waals surface area (Å²) >= 11 is 0. The zero-order valence-corrected chi connectivity index (χ0v) is 12.4. The molecule has 0 amide bonds. The van der Waals surface area contributed by atoms with Crippen molar-refractivity contribution in [1.29, 1.82) is 0 Å². The summed E-state index contributed by atoms with van der Waals surface area (Å²) in [6, 6.07) is 11.5. The molecule has 0 bridgehead atoms. The highest BCUT2D eigenvalue weighted by molar-refractivity contribution is 5.48. The molecule has 0 aliphatic rings. The van der Waals surface area contributed by atoms with Crippen LogP contribution in [-0.4, -0.2) is 11.2 Å². The van der Waals surface area contributed by atoms with E-state index in [1.54, 1.807) is 6.07 Å². The number of phenolic OH excluding ortho intramolecular Hbond substituents is 1. The van der Waals surface area contributed by atoms with Crippen LogP contribution in [0.1, 0.15) is 32.4 Å². The molecular formula is C17H20FNO2. The third-order valence-corrected chi connectivity index (χ3v) is 3.06. The van der Waals surface area contributed by atoms with Crippen molar-refractivity contribution in [3.8, 4) is 11.5 Å². The Balaban J connectivity index is 2.06. The summed E-state index contributed by atoms with van der Waals surface area (Å²) in [7, 11) is 0. The van der Waals surface area contributed by atoms with Crippen molar-refractivity contribution < 1.29 is 14.2 Å². The van der Waals surface area contributed by atoms with Gasteiger partial charge in [0.05, 0.1) is 12.1 Å². The second-order valence-corrected chi connectivity index (χ2v) is 5.26. The average Bonchev–Trinajstić information content (AvgIpc) is 2.40. The van der Waals surface area contributed by atoms with E-state index in [9.17, 15) is 9.50 Å². The van der Waals surface area contributed by atoms with Crippen molar-refractivity contribution in [2.24, 2.45) is 0 Å². The largest absolute Gasteiger partial charge is 0.508 e. The number of halogens is 1. The normalized spacial score (nSPS) is 12.2. The fourth-order valence-corrected chi connectivity index (χ4v) is 2.10. The second-order valence-electron chi connectivity index (χ2n) is 5.26. The van der Waals surface area contributed by atoms with E-state index in [0.717, 1.165) is 17.5 Å². The van der Waals surface area contributed by atoms with Crippen LogP contribution in [0, 0.1) is 5.82 Å². The van der Waals surface area contributed by atoms with Crippen molar-refractivity contribution in [1.82, 2.24) is 0 Å². The van der Waals surface area contributed by atoms with Crippen molar-refractivity contribution >= 4 is 5.69 Å². The van der Waals surface area contributed by atoms with Crippen LogP contribution in [0.5, 0.6) is 11.5 Å². The van der Waals surface area contributed by atoms with Crippen LogP contribution in [0.3, 0.4) is 0 Å². The lowest BCUT2D eigenvalue weighted by molar-refractivity contribution is 0.242. The maximum Gasteiger partial charge on any atom is 0.132 e. The maximum absolute atomic E-state index is 13.8. The molecule has 2 aromatic rings. The van der Waals surface area contributed by atoms with Crippen LogP contribution in [0.15, 0.2) is 42.5 Å². The summed E-state index contributed by atoms with van der Waals surface area (Å²) in [5.74, 6) is 0.312. The van der Waals surface area contributed by atoms with E-state index >= 15 is 0 Å². The highest BCUT2D eigenvalue weighted by Crippen LogP contribution is 2.25. The molecule has 0 saturated heterocycles. The lowest BCUT2D eigenvalue weighted by Crippen LogP contribution is -2.09. The number of hydrogen-bond acceptors (Lipinski definition) is 3. The van der Waals surface area contributed by atoms with Crippen LogP contribution in [0.25, 0.3) is 0 Å². The molecule has 21 heavy (non-hydrogen) atoms. The minimum absolute atomic E-state index is 0.0707. The second kappa shape index (κ2) is 6.48. The molecule has 0 aromatic heterocycles. The van der Waals surface area contributed by atoms with Crippen LogP contribution < -0.4 is 10.1 Å². The first-order valence-corrected chi connectivity index (χ1v) is 6.97. The van der Waals surface area contributed by atoms with E-state index in [2.05, 4.69) is 5.32 Å². The van der Waals surface area contributed by atoms with Gasteiger partial charge in [0.2, 0.25) is 0 Å². The minimum Gasteiger partial charge on any atom is -0.508 e. The van der Waals surface area contributed by atoms with Gasteiger partial charge in [-0.3, -0.25) is 0 Å². The summed E-state index contributed by atoms with van der Waals surface area (Å²) < 4.78 is 19.4. The molecule has 2 N–H and O–H groups in total. The zero-order valence-electron chi connectivity index (χ0n) is 12.4. The SMILES string of the molecule is CC(C)Oc1ccc(NC(C)c2ccc(O)cc2F)cc1. The van der Waals surface area contributed by atoms with Gasteiger partial charge in [-0.05, 0) is 51.1 Å². The molecule has 0 spiro atoms. The first kappa shape index (κ1) is 15.2. The molecule has 1 unspecified atom stereocenters. The summed E-state index contributed by atoms with van der Waals surface area (Å²) in [4.78, 5) is 0. The molecule has 0 saturated carbocycles. The zero-order chi connectivity index (χ0) is 15.4. The van der Waals surface area contributed by atoms with E-state index in [1.165, 1.54) is 6.07 Å². The van der Waals surface area contributed by atoms with Gasteiger partial charge < -0.3 is 15.2 Å². The molecule has 0 aliphatic carbocycles. The van der Waals surface area contributed by atoms with Crippen molar-refractivity contribution in [3.05, 3.63) is 53.8 Å². The monoisotopic (exact) mass is 289 g/mol. The highest BCUT2D eigenvalue weighted by Gasteiger charge is 2.11. The van der Waals surface area contributed by atoms with Crippen molar-refractivity contribution in [2.45, 2.75) is 32.9 Å². The predicted octanol–water partition coefficient (Wildman–Crippen LogP) is 4.49. The number of anilines is 1. The Labute approximate surface area is 124 Å². The molecule has 2 rings (SSSR count). The first-order valence-electron chi connectivity index (χ1n) is 6.97. The van der Waals surface area contributed by atoms with Crippen LogP contribution in [0.4, 0.5) is 10.1 Å². The lowest BCUT2D eigenvalue weighted by Gasteiger charge is -2.17. The Hall–Kier alpha value is -2.23. The third kappa shape index (κ3) is 4.12. The number of phenols is 1. The molecule has 0 heterocycles. The van der Waals surface area contributed by atoms with Crippen LogP contribution in [-0.2, 0) is 0 Å². The van der Waals surface area contributed by atoms with Gasteiger partial charge in [0, 0.05) is 17.3 Å². The number of benzene rings is 2. The molecule has 2 aromatic carbocycles. The Kier molecular flexibility index (Phi) is 4.68. The van der Waals surface area contributed by atoms with Gasteiger partial charge >= 0.3 is 0 Å². The standard InChI is InChI=1S/C17H20FNO2/c1-11(2)21-15-7-4-13(5-8-15)19-12(3)16-9-6-14(20)10-17(16)18/h4-12,19-20H,1-3H3. The maximum atomic E-state index is 13.8. The molecule has 0 fully saturated rings. The van der Waals surface area contributed by atoms with Gasteiger partial charge in [-0.15, -0.1) is 0 Å². The predicted molar refractivity (Wildman–Crippen MR) is 82.3 cm³/mol. The molecule has 3 nitrogen and oxygen atoms in total. The summed E-state index contributed by atoms with van der Waals surface area (Å²) in [6.45, 7) is 5.82. The molecule has 0 aliphatic heterocycles. The fourth-order valence-electron chi connectivity index (χ4n) is 2.10. The van der Waals surface area contributed by atoms with Crippen LogP contribution in [0.2, 0.25) is 0 Å². The Bertz CT molecular complexity index is 596. The number of nitrogens with one attached hydrogen (secondary N) is 1. The summed E-state index contributed by atoms with van der Waals surface area (Å²) in [6.07, 6.45) is 0.133. The Morgan fingerprint density at radius 1 is 1.05 bits per heavy atom. The average molecular weight is 289 g/mol. The van der Waals surface area contributed by atoms with Gasteiger partial charge in [-0.25, -0.2) is 4.39 Å². The van der Waals surface area contributed by atoms with E-state index in [0.29, 0.717) is 5.56 Å². The van der Waals surface area contributed by atoms with Gasteiger partial charge in [0.15, 0.2) is 0 Å². The van der Waals surface area contributed by atoms with Gasteiger partial charge in [-0.1, -0.05) is 6.07 Å². The van der Waals surface area contributed by atoms with Crippen molar-refractivity contribution in [2.75, 3.05) is 5.32 Å². The summed E-state index contributed by atoms with van der Waals surface area (Å²) in [5, 5.41) is 12.5. The minimum atomic E-state index is -0.422. The quantitative estimate of drug-likeness (QED) is 0.852. The fraction of sp³-hybridized carbons (Fsp3) is 0.294. The molecule has 0 radical (unpaired) electrons. The Morgan fingerprint density at radius 2 is 1.71 bits per heavy atom. The van der Waals surface area contributed by atoms with Crippen molar-refractivity contribution in [3.63, 3.8) is 0 Å². The van der Waals surface area contributed by atoms with Gasteiger partial charge in [0.25, 0.3) is 0 Å². The third-order valence-electron chi connectivity index (χ3n) is 3.06. The smallest absolute Gasteiger partial charge is 0.132 e. The van der Waals surface area contributed by atoms with E-state index < -0.39 is 5.82 Å². The number of hydrogen-bond donors (Lipinski definition) is 2. The topological polar surface area (TPSA) is 41.5 Å². The van der Waals surface area contributed by atoms with E-state index in [-0.39, 0.29) is 17.9 Å². The van der Waals surface area contributed by atoms with Gasteiger partial charge in [0.1, 0.15) is 17.3 Å². The molecular weight excluding hydrogens is 269 g/mol. The van der Waals surface area contributed by atoms with E-state index in [4.69, 9.17) is 4.74 Å². The number of rotatable bonds is 5. The highest BCUT2D eigenvalue weighted by atomic mass is 19.1. The van der Waals surface area contributed by atoms with E-state index in [1.807, 2.05) is 45.0 Å². The molecule has 1 atom stereocenters. The Morgan fingerprint density at radius 3 is 2.29 bits per heavy atom.